The van der Waals surface area contributed by atoms with Gasteiger partial charge in [-0.1, -0.05) is 30.3 Å². The molecule has 2 aromatic heterocycles. The molecule has 4 heterocycles. The summed E-state index contributed by atoms with van der Waals surface area (Å²) in [4.78, 5) is 29.3. The fourth-order valence-corrected chi connectivity index (χ4v) is 4.97. The van der Waals surface area contributed by atoms with Crippen LogP contribution >= 0.6 is 0 Å². The van der Waals surface area contributed by atoms with Crippen LogP contribution in [0.15, 0.2) is 67.1 Å². The van der Waals surface area contributed by atoms with Crippen LogP contribution in [0.3, 0.4) is 0 Å². The average molecular weight is 387 g/mol. The van der Waals surface area contributed by atoms with E-state index in [4.69, 9.17) is 0 Å². The van der Waals surface area contributed by atoms with Gasteiger partial charge in [-0.25, -0.2) is 9.97 Å². The van der Waals surface area contributed by atoms with Crippen LogP contribution in [0.1, 0.15) is 22.5 Å². The molecule has 0 radical (unpaired) electrons. The Bertz CT molecular complexity index is 959. The Hall–Kier alpha value is -3.15. The van der Waals surface area contributed by atoms with Gasteiger partial charge in [-0.2, -0.15) is 0 Å². The van der Waals surface area contributed by atoms with Crippen molar-refractivity contribution in [1.29, 1.82) is 0 Å². The number of likely N-dealkylation sites (tertiary alicyclic amines) is 1. The molecule has 1 N–H and O–H groups in total. The van der Waals surface area contributed by atoms with Gasteiger partial charge in [-0.3, -0.25) is 4.79 Å². The molecule has 2 aliphatic rings. The van der Waals surface area contributed by atoms with Gasteiger partial charge in [-0.05, 0) is 36.6 Å². The second-order valence-electron chi connectivity index (χ2n) is 8.24. The van der Waals surface area contributed by atoms with Gasteiger partial charge in [0, 0.05) is 56.1 Å². The van der Waals surface area contributed by atoms with E-state index < -0.39 is 0 Å². The molecule has 0 bridgehead atoms. The van der Waals surface area contributed by atoms with Crippen molar-refractivity contribution in [3.63, 3.8) is 0 Å². The Morgan fingerprint density at radius 2 is 1.86 bits per heavy atom. The molecule has 0 saturated carbocycles. The van der Waals surface area contributed by atoms with Gasteiger partial charge in [0.2, 0.25) is 5.95 Å². The number of carbonyl (C=O) groups is 1. The Labute approximate surface area is 170 Å². The Morgan fingerprint density at radius 1 is 1.03 bits per heavy atom. The first kappa shape index (κ1) is 17.9. The largest absolute Gasteiger partial charge is 0.357 e. The Kier molecular flexibility index (Phi) is 4.54. The highest BCUT2D eigenvalue weighted by molar-refractivity contribution is 5.92. The Balaban J connectivity index is 1.38. The van der Waals surface area contributed by atoms with Crippen LogP contribution in [0.4, 0.5) is 5.95 Å². The average Bonchev–Trinajstić information content (AvgIpc) is 3.48. The van der Waals surface area contributed by atoms with E-state index >= 15 is 0 Å². The zero-order valence-corrected chi connectivity index (χ0v) is 16.4. The lowest BCUT2D eigenvalue weighted by Crippen LogP contribution is -2.37. The number of benzene rings is 1. The third-order valence-electron chi connectivity index (χ3n) is 6.46. The van der Waals surface area contributed by atoms with E-state index in [2.05, 4.69) is 50.2 Å². The van der Waals surface area contributed by atoms with Crippen LogP contribution in [0, 0.1) is 11.3 Å². The highest BCUT2D eigenvalue weighted by atomic mass is 16.2. The predicted octanol–water partition coefficient (Wildman–Crippen LogP) is 3.02. The van der Waals surface area contributed by atoms with Gasteiger partial charge >= 0.3 is 0 Å². The quantitative estimate of drug-likeness (QED) is 0.731. The molecule has 0 spiro atoms. The van der Waals surface area contributed by atoms with Gasteiger partial charge in [-0.15, -0.1) is 0 Å². The molecule has 3 aromatic rings. The van der Waals surface area contributed by atoms with Crippen molar-refractivity contribution in [2.24, 2.45) is 11.3 Å². The minimum atomic E-state index is 0.0668. The highest BCUT2D eigenvalue weighted by Crippen LogP contribution is 2.46. The number of rotatable bonds is 5. The maximum absolute atomic E-state index is 13.0. The molecule has 2 saturated heterocycles. The predicted molar refractivity (Wildman–Crippen MR) is 112 cm³/mol. The van der Waals surface area contributed by atoms with Crippen LogP contribution in [0.5, 0.6) is 0 Å². The van der Waals surface area contributed by atoms with Crippen molar-refractivity contribution in [3.8, 4) is 0 Å². The van der Waals surface area contributed by atoms with Gasteiger partial charge in [0.1, 0.15) is 5.69 Å². The summed E-state index contributed by atoms with van der Waals surface area (Å²) in [6.07, 6.45) is 7.48. The second-order valence-corrected chi connectivity index (χ2v) is 8.24. The summed E-state index contributed by atoms with van der Waals surface area (Å²) in [5.74, 6) is 1.32. The fourth-order valence-electron chi connectivity index (χ4n) is 4.97. The van der Waals surface area contributed by atoms with E-state index in [1.807, 2.05) is 29.3 Å². The molecule has 6 heteroatoms. The maximum atomic E-state index is 13.0. The van der Waals surface area contributed by atoms with E-state index in [0.29, 0.717) is 11.6 Å². The second kappa shape index (κ2) is 7.35. The number of aryl methyl sites for hydroxylation is 1. The van der Waals surface area contributed by atoms with Crippen LogP contribution in [0.25, 0.3) is 0 Å². The van der Waals surface area contributed by atoms with E-state index in [1.54, 1.807) is 12.4 Å². The smallest absolute Gasteiger partial charge is 0.270 e. The molecular formula is C23H25N5O. The van der Waals surface area contributed by atoms with Gasteiger partial charge < -0.3 is 14.8 Å². The summed E-state index contributed by atoms with van der Waals surface area (Å²) in [7, 11) is 0. The molecular weight excluding hydrogens is 362 g/mol. The molecule has 29 heavy (non-hydrogen) atoms. The summed E-state index contributed by atoms with van der Waals surface area (Å²) < 4.78 is 0. The van der Waals surface area contributed by atoms with Crippen molar-refractivity contribution >= 4 is 11.9 Å². The summed E-state index contributed by atoms with van der Waals surface area (Å²) >= 11 is 0. The molecule has 2 atom stereocenters. The normalized spacial score (nSPS) is 23.4. The van der Waals surface area contributed by atoms with Crippen molar-refractivity contribution in [3.05, 3.63) is 78.4 Å². The number of amides is 1. The molecule has 0 unspecified atom stereocenters. The van der Waals surface area contributed by atoms with E-state index in [1.165, 1.54) is 5.56 Å². The van der Waals surface area contributed by atoms with Crippen molar-refractivity contribution < 1.29 is 4.79 Å². The van der Waals surface area contributed by atoms with Gasteiger partial charge in [0.25, 0.3) is 5.91 Å². The topological polar surface area (TPSA) is 65.1 Å². The van der Waals surface area contributed by atoms with Crippen molar-refractivity contribution in [1.82, 2.24) is 19.9 Å². The first-order valence-corrected chi connectivity index (χ1v) is 10.2. The zero-order valence-electron chi connectivity index (χ0n) is 16.4. The van der Waals surface area contributed by atoms with Crippen LogP contribution < -0.4 is 4.90 Å². The van der Waals surface area contributed by atoms with E-state index in [0.717, 1.165) is 45.0 Å². The molecule has 0 aliphatic carbocycles. The lowest BCUT2D eigenvalue weighted by atomic mass is 9.76. The summed E-state index contributed by atoms with van der Waals surface area (Å²) in [5, 5.41) is 0. The lowest BCUT2D eigenvalue weighted by molar-refractivity contribution is 0.0765. The van der Waals surface area contributed by atoms with Crippen LogP contribution in [-0.2, 0) is 6.42 Å². The highest BCUT2D eigenvalue weighted by Gasteiger charge is 2.53. The molecule has 2 aliphatic heterocycles. The van der Waals surface area contributed by atoms with E-state index in [9.17, 15) is 4.79 Å². The zero-order chi connectivity index (χ0) is 19.7. The first-order chi connectivity index (χ1) is 14.2. The molecule has 1 amide bonds. The number of aromatic amines is 1. The number of hydrogen-bond acceptors (Lipinski definition) is 4. The standard InChI is InChI=1S/C23H25N5O/c29-21(20-8-4-11-24-20)27-14-19-15-28(22-25-12-5-13-26-22)17-23(19,16-27)10-9-18-6-2-1-3-7-18/h1-8,11-13,19,24H,9-10,14-17H2/t19-,23+/m1/s1. The number of fused-ring (bicyclic) bond motifs is 1. The van der Waals surface area contributed by atoms with Crippen LogP contribution in [0.2, 0.25) is 0 Å². The number of carbonyl (C=O) groups excluding carboxylic acids is 1. The minimum absolute atomic E-state index is 0.0668. The third-order valence-corrected chi connectivity index (χ3v) is 6.46. The maximum Gasteiger partial charge on any atom is 0.270 e. The van der Waals surface area contributed by atoms with E-state index in [-0.39, 0.29) is 11.3 Å². The SMILES string of the molecule is O=C(c1ccc[nH]1)N1C[C@@H]2CN(c3ncccn3)C[C@]2(CCc2ccccc2)C1. The first-order valence-electron chi connectivity index (χ1n) is 10.2. The van der Waals surface area contributed by atoms with Crippen molar-refractivity contribution in [2.45, 2.75) is 12.8 Å². The molecule has 5 rings (SSSR count). The third kappa shape index (κ3) is 3.39. The lowest BCUT2D eigenvalue weighted by Gasteiger charge is -2.29. The molecule has 1 aromatic carbocycles. The monoisotopic (exact) mass is 387 g/mol. The molecule has 6 nitrogen and oxygen atoms in total. The number of nitrogens with zero attached hydrogens (tertiary/aromatic N) is 4. The van der Waals surface area contributed by atoms with Crippen molar-refractivity contribution in [2.75, 3.05) is 31.1 Å². The molecule has 2 fully saturated rings. The molecule has 148 valence electrons. The number of aromatic nitrogens is 3. The Morgan fingerprint density at radius 3 is 2.62 bits per heavy atom. The fraction of sp³-hybridized carbons (Fsp3) is 0.348. The van der Waals surface area contributed by atoms with Gasteiger partial charge in [0.05, 0.1) is 0 Å². The summed E-state index contributed by atoms with van der Waals surface area (Å²) in [6.45, 7) is 3.36. The summed E-state index contributed by atoms with van der Waals surface area (Å²) in [5.41, 5.74) is 2.09. The minimum Gasteiger partial charge on any atom is -0.357 e. The van der Waals surface area contributed by atoms with Crippen LogP contribution in [-0.4, -0.2) is 51.9 Å². The number of H-pyrrole nitrogens is 1. The summed E-state index contributed by atoms with van der Waals surface area (Å²) in [6, 6.07) is 16.2. The van der Waals surface area contributed by atoms with Gasteiger partial charge in [0.15, 0.2) is 0 Å². The number of nitrogens with one attached hydrogen (secondary N) is 1. The number of hydrogen-bond donors (Lipinski definition) is 1. The number of anilines is 1.